The van der Waals surface area contributed by atoms with Crippen LogP contribution >= 0.6 is 0 Å². The Kier molecular flexibility index (Phi) is 7.02. The lowest BCUT2D eigenvalue weighted by Crippen LogP contribution is -2.84. The van der Waals surface area contributed by atoms with Crippen LogP contribution in [0.5, 0.6) is 0 Å². The maximum Gasteiger partial charge on any atom is 0.310 e. The van der Waals surface area contributed by atoms with Crippen LogP contribution in [0.15, 0.2) is 23.0 Å². The third-order valence-corrected chi connectivity index (χ3v) is 13.3. The second-order valence-corrected chi connectivity index (χ2v) is 15.6. The summed E-state index contributed by atoms with van der Waals surface area (Å²) in [6, 6.07) is 1.80. The fraction of sp³-hybridized carbons (Fsp3) is 0.765. The number of ether oxygens (including phenoxy) is 5. The highest BCUT2D eigenvalue weighted by molar-refractivity contribution is 5.91. The Morgan fingerprint density at radius 1 is 0.979 bits per heavy atom. The van der Waals surface area contributed by atoms with Gasteiger partial charge in [-0.1, -0.05) is 27.7 Å². The Morgan fingerprint density at radius 2 is 1.66 bits per heavy atom. The average Bonchev–Trinajstić information content (AvgIpc) is 3.35. The molecule has 4 aliphatic carbocycles. The molecule has 1 aromatic heterocycles. The van der Waals surface area contributed by atoms with Crippen molar-refractivity contribution in [2.75, 3.05) is 6.61 Å². The van der Waals surface area contributed by atoms with Crippen molar-refractivity contribution in [1.82, 2.24) is 0 Å². The molecule has 0 unspecified atom stereocenters. The second-order valence-electron chi connectivity index (χ2n) is 15.6. The summed E-state index contributed by atoms with van der Waals surface area (Å²) >= 11 is 0. The van der Waals surface area contributed by atoms with E-state index in [-0.39, 0.29) is 18.9 Å². The fourth-order valence-electron chi connectivity index (χ4n) is 11.4. The zero-order valence-electron chi connectivity index (χ0n) is 27.6. The van der Waals surface area contributed by atoms with Crippen molar-refractivity contribution in [3.63, 3.8) is 0 Å². The zero-order chi connectivity index (χ0) is 34.2. The number of carbonyl (C=O) groups is 4. The van der Waals surface area contributed by atoms with E-state index in [0.717, 1.165) is 19.4 Å². The lowest BCUT2D eigenvalue weighted by Gasteiger charge is -2.73. The molecule has 2 saturated heterocycles. The Bertz CT molecular complexity index is 1510. The largest absolute Gasteiger partial charge is 0.472 e. The lowest BCUT2D eigenvalue weighted by molar-refractivity contribution is -0.391. The van der Waals surface area contributed by atoms with Crippen LogP contribution in [0, 0.1) is 39.4 Å². The maximum absolute atomic E-state index is 15.0. The molecule has 13 nitrogen and oxygen atoms in total. The highest BCUT2D eigenvalue weighted by Gasteiger charge is 2.92. The van der Waals surface area contributed by atoms with E-state index in [4.69, 9.17) is 28.1 Å². The summed E-state index contributed by atoms with van der Waals surface area (Å²) in [5, 5.41) is 37.1. The van der Waals surface area contributed by atoms with Crippen LogP contribution in [0.3, 0.4) is 0 Å². The lowest BCUT2D eigenvalue weighted by atomic mass is 9.33. The maximum atomic E-state index is 15.0. The molecule has 7 rings (SSSR count). The van der Waals surface area contributed by atoms with E-state index in [9.17, 15) is 34.5 Å². The number of esters is 3. The van der Waals surface area contributed by atoms with E-state index in [1.807, 2.05) is 6.92 Å². The summed E-state index contributed by atoms with van der Waals surface area (Å²) in [7, 11) is 0. The summed E-state index contributed by atoms with van der Waals surface area (Å²) < 4.78 is 35.6. The quantitative estimate of drug-likeness (QED) is 0.235. The molecule has 0 amide bonds. The summed E-state index contributed by atoms with van der Waals surface area (Å²) in [4.78, 5) is 53.1. The summed E-state index contributed by atoms with van der Waals surface area (Å²) in [6.07, 6.45) is -5.57. The van der Waals surface area contributed by atoms with Crippen LogP contribution in [0.4, 0.5) is 0 Å². The molecule has 6 aliphatic rings. The minimum atomic E-state index is -1.66. The third-order valence-electron chi connectivity index (χ3n) is 13.3. The first-order valence-corrected chi connectivity index (χ1v) is 16.4. The molecule has 15 atom stereocenters. The van der Waals surface area contributed by atoms with Crippen molar-refractivity contribution in [2.45, 2.75) is 116 Å². The highest BCUT2D eigenvalue weighted by Crippen LogP contribution is 2.82. The van der Waals surface area contributed by atoms with E-state index < -0.39 is 112 Å². The van der Waals surface area contributed by atoms with Gasteiger partial charge in [-0.2, -0.15) is 0 Å². The van der Waals surface area contributed by atoms with Gasteiger partial charge in [-0.05, 0) is 37.3 Å². The van der Waals surface area contributed by atoms with Crippen molar-refractivity contribution in [3.8, 4) is 0 Å². The number of fused-ring (bicyclic) bond motifs is 1. The molecule has 258 valence electrons. The number of aliphatic hydroxyl groups is 3. The first-order chi connectivity index (χ1) is 21.9. The van der Waals surface area contributed by atoms with Crippen molar-refractivity contribution in [1.29, 1.82) is 0 Å². The van der Waals surface area contributed by atoms with Gasteiger partial charge in [0.15, 0.2) is 18.0 Å². The Balaban J connectivity index is 1.43. The average molecular weight is 661 g/mol. The van der Waals surface area contributed by atoms with Crippen LogP contribution in [-0.2, 0) is 42.9 Å². The van der Waals surface area contributed by atoms with Crippen LogP contribution in [0.2, 0.25) is 0 Å². The van der Waals surface area contributed by atoms with Crippen molar-refractivity contribution >= 4 is 23.7 Å². The van der Waals surface area contributed by atoms with Gasteiger partial charge in [-0.25, -0.2) is 0 Å². The molecule has 4 saturated carbocycles. The monoisotopic (exact) mass is 660 g/mol. The predicted octanol–water partition coefficient (Wildman–Crippen LogP) is 1.64. The van der Waals surface area contributed by atoms with Gasteiger partial charge >= 0.3 is 17.9 Å². The van der Waals surface area contributed by atoms with Gasteiger partial charge in [-0.3, -0.25) is 19.2 Å². The standard InChI is InChI=1S/C34H44O13/c1-14(2)28(41)46-29-30(5)19-11-20(37)32(7)24(33(19,13-43-29)26(40)23(44-15(3)35)27(30)45-16(4)36)22(38)25(39)31(6)18(17-8-9-42-12-17)10-21-34(31,32)47-21/h8-9,12,14,18-21,23-27,29,37,39-40H,10-11,13H2,1-7H3/t18-,19-,20+,21+,23+,24-,25-,26-,27+,29-,30+,31+,32+,33-,34+/m0/s1. The number of carbonyl (C=O) groups excluding carboxylic acids is 4. The predicted molar refractivity (Wildman–Crippen MR) is 157 cm³/mol. The number of epoxide rings is 1. The first-order valence-electron chi connectivity index (χ1n) is 16.4. The molecule has 3 N–H and O–H groups in total. The summed E-state index contributed by atoms with van der Waals surface area (Å²) in [5.74, 6) is -5.77. The third kappa shape index (κ3) is 3.67. The van der Waals surface area contributed by atoms with Crippen molar-refractivity contribution in [3.05, 3.63) is 24.2 Å². The van der Waals surface area contributed by atoms with Crippen LogP contribution in [-0.4, -0.2) is 94.1 Å². The van der Waals surface area contributed by atoms with Crippen LogP contribution in [0.25, 0.3) is 0 Å². The summed E-state index contributed by atoms with van der Waals surface area (Å²) in [5.41, 5.74) is -6.04. The number of rotatable bonds is 5. The normalized spacial score (nSPS) is 50.8. The minimum absolute atomic E-state index is 0.0299. The molecule has 0 radical (unpaired) electrons. The molecule has 13 heteroatoms. The van der Waals surface area contributed by atoms with Gasteiger partial charge in [0.2, 0.25) is 6.29 Å². The van der Waals surface area contributed by atoms with Crippen molar-refractivity contribution in [2.24, 2.45) is 39.4 Å². The Morgan fingerprint density at radius 3 is 2.26 bits per heavy atom. The van der Waals surface area contributed by atoms with Gasteiger partial charge in [-0.15, -0.1) is 0 Å². The van der Waals surface area contributed by atoms with Gasteiger partial charge < -0.3 is 43.4 Å². The Hall–Kier alpha value is -2.84. The molecule has 2 bridgehead atoms. The van der Waals surface area contributed by atoms with Gasteiger partial charge in [0.25, 0.3) is 0 Å². The SMILES string of the molecule is CC(=O)O[C@H]1[C@@H](OC(C)=O)[C@]2(C)[C@H](OC(=O)C(C)C)OC[C@]3([C@H]4C(=O)[C@H](O)[C@@]5(C)[C@H](c6ccoc6)C[C@H]6O[C@]65[C@]4(C)[C@H](O)C[C@@H]23)[C@H]1O. The number of ketones is 1. The number of hydrogen-bond acceptors (Lipinski definition) is 13. The van der Waals surface area contributed by atoms with E-state index in [1.54, 1.807) is 40.0 Å². The molecule has 3 heterocycles. The molecule has 6 fully saturated rings. The fourth-order valence-corrected chi connectivity index (χ4v) is 11.4. The number of hydrogen-bond donors (Lipinski definition) is 3. The number of furan rings is 1. The van der Waals surface area contributed by atoms with Crippen molar-refractivity contribution < 1.29 is 62.6 Å². The molecule has 1 spiro atoms. The topological polar surface area (TPSA) is 192 Å². The second kappa shape index (κ2) is 10.1. The van der Waals surface area contributed by atoms with E-state index >= 15 is 0 Å². The molecule has 0 aromatic carbocycles. The smallest absolute Gasteiger partial charge is 0.310 e. The van der Waals surface area contributed by atoms with E-state index in [0.29, 0.717) is 6.42 Å². The van der Waals surface area contributed by atoms with Crippen LogP contribution in [0.1, 0.15) is 72.8 Å². The van der Waals surface area contributed by atoms with Crippen LogP contribution < -0.4 is 0 Å². The van der Waals surface area contributed by atoms with Gasteiger partial charge in [0, 0.05) is 41.9 Å². The summed E-state index contributed by atoms with van der Waals surface area (Å²) in [6.45, 7) is 10.5. The number of Topliss-reactive ketones (excluding diaryl/α,β-unsaturated/α-hetero) is 1. The van der Waals surface area contributed by atoms with E-state index in [2.05, 4.69) is 0 Å². The van der Waals surface area contributed by atoms with Gasteiger partial charge in [0.05, 0.1) is 42.7 Å². The van der Waals surface area contributed by atoms with E-state index in [1.165, 1.54) is 6.26 Å². The van der Waals surface area contributed by atoms with Gasteiger partial charge in [0.1, 0.15) is 17.8 Å². The molecular weight excluding hydrogens is 616 g/mol. The highest BCUT2D eigenvalue weighted by atomic mass is 16.7. The molecule has 47 heavy (non-hydrogen) atoms. The zero-order valence-corrected chi connectivity index (χ0v) is 27.6. The minimum Gasteiger partial charge on any atom is -0.472 e. The Labute approximate surface area is 272 Å². The molecular formula is C34H44O13. The molecule has 1 aromatic rings. The first kappa shape index (κ1) is 32.7. The molecule has 2 aliphatic heterocycles. The number of aliphatic hydroxyl groups excluding tert-OH is 3.